The maximum Gasteiger partial charge on any atom is 0.303 e. The number of hydrogen-bond acceptors (Lipinski definition) is 3. The van der Waals surface area contributed by atoms with E-state index in [2.05, 4.69) is 16.6 Å². The van der Waals surface area contributed by atoms with E-state index in [9.17, 15) is 9.59 Å². The van der Waals surface area contributed by atoms with Gasteiger partial charge in [0.2, 0.25) is 5.91 Å². The number of aliphatic carboxylic acids is 1. The zero-order valence-electron chi connectivity index (χ0n) is 11.0. The third kappa shape index (κ3) is 9.67. The highest BCUT2D eigenvalue weighted by atomic mass is 16.4. The second-order valence-electron chi connectivity index (χ2n) is 4.71. The largest absolute Gasteiger partial charge is 0.481 e. The molecule has 0 aromatic carbocycles. The van der Waals surface area contributed by atoms with Gasteiger partial charge < -0.3 is 10.4 Å². The van der Waals surface area contributed by atoms with Gasteiger partial charge in [0.05, 0.1) is 13.1 Å². The van der Waals surface area contributed by atoms with Crippen LogP contribution in [0.5, 0.6) is 0 Å². The molecule has 0 aliphatic carbocycles. The normalized spacial score (nSPS) is 11.9. The van der Waals surface area contributed by atoms with Crippen LogP contribution < -0.4 is 10.6 Å². The number of carboxylic acids is 1. The van der Waals surface area contributed by atoms with Crippen molar-refractivity contribution in [1.82, 2.24) is 10.6 Å². The Morgan fingerprint density at radius 1 is 1.39 bits per heavy atom. The maximum atomic E-state index is 11.4. The van der Waals surface area contributed by atoms with Crippen LogP contribution in [0.1, 0.15) is 26.7 Å². The summed E-state index contributed by atoms with van der Waals surface area (Å²) >= 11 is 0. The lowest BCUT2D eigenvalue weighted by atomic mass is 9.94. The van der Waals surface area contributed by atoms with Crippen molar-refractivity contribution in [3.05, 3.63) is 0 Å². The van der Waals surface area contributed by atoms with Crippen molar-refractivity contribution >= 4 is 11.9 Å². The summed E-state index contributed by atoms with van der Waals surface area (Å²) in [6.45, 7) is 4.96. The topological polar surface area (TPSA) is 78.4 Å². The van der Waals surface area contributed by atoms with Crippen LogP contribution in [0.3, 0.4) is 0 Å². The van der Waals surface area contributed by atoms with Crippen molar-refractivity contribution in [3.8, 4) is 12.3 Å². The van der Waals surface area contributed by atoms with Crippen LogP contribution in [-0.2, 0) is 9.59 Å². The third-order valence-corrected chi connectivity index (χ3v) is 2.37. The molecule has 0 fully saturated rings. The molecule has 3 N–H and O–H groups in total. The molecule has 5 heteroatoms. The highest BCUT2D eigenvalue weighted by molar-refractivity contribution is 5.78. The number of carboxylic acid groups (broad SMARTS) is 1. The summed E-state index contributed by atoms with van der Waals surface area (Å²) in [5, 5.41) is 14.3. The fourth-order valence-corrected chi connectivity index (χ4v) is 1.72. The van der Waals surface area contributed by atoms with Gasteiger partial charge in [-0.05, 0) is 18.3 Å². The molecule has 102 valence electrons. The number of hydrogen-bond donors (Lipinski definition) is 3. The molecule has 0 aliphatic heterocycles. The summed E-state index contributed by atoms with van der Waals surface area (Å²) in [5.74, 6) is 1.76. The van der Waals surface area contributed by atoms with E-state index in [1.807, 2.05) is 13.8 Å². The number of terminal acetylenes is 1. The van der Waals surface area contributed by atoms with Crippen molar-refractivity contribution < 1.29 is 14.7 Å². The number of carbonyl (C=O) groups is 2. The molecule has 1 unspecified atom stereocenters. The Labute approximate surface area is 108 Å². The van der Waals surface area contributed by atoms with Gasteiger partial charge in [0.25, 0.3) is 0 Å². The number of nitrogens with one attached hydrogen (secondary N) is 2. The zero-order valence-corrected chi connectivity index (χ0v) is 11.0. The lowest BCUT2D eigenvalue weighted by Crippen LogP contribution is -2.37. The minimum Gasteiger partial charge on any atom is -0.481 e. The molecule has 0 aliphatic rings. The Morgan fingerprint density at radius 3 is 2.56 bits per heavy atom. The highest BCUT2D eigenvalue weighted by Crippen LogP contribution is 2.14. The van der Waals surface area contributed by atoms with Crippen molar-refractivity contribution in [1.29, 1.82) is 0 Å². The van der Waals surface area contributed by atoms with Gasteiger partial charge in [0.1, 0.15) is 0 Å². The Bertz CT molecular complexity index is 308. The Hall–Kier alpha value is -1.54. The van der Waals surface area contributed by atoms with Crippen LogP contribution in [0.4, 0.5) is 0 Å². The Balaban J connectivity index is 3.97. The van der Waals surface area contributed by atoms with E-state index in [4.69, 9.17) is 11.5 Å². The fourth-order valence-electron chi connectivity index (χ4n) is 1.72. The molecule has 0 radical (unpaired) electrons. The van der Waals surface area contributed by atoms with Gasteiger partial charge in [-0.15, -0.1) is 6.42 Å². The molecule has 0 rings (SSSR count). The van der Waals surface area contributed by atoms with Gasteiger partial charge >= 0.3 is 5.97 Å². The van der Waals surface area contributed by atoms with E-state index in [1.54, 1.807) is 0 Å². The molecule has 1 atom stereocenters. The molecule has 0 spiro atoms. The van der Waals surface area contributed by atoms with Gasteiger partial charge in [0, 0.05) is 13.0 Å². The van der Waals surface area contributed by atoms with E-state index in [0.29, 0.717) is 19.0 Å². The van der Waals surface area contributed by atoms with Gasteiger partial charge in [-0.1, -0.05) is 19.8 Å². The van der Waals surface area contributed by atoms with Crippen molar-refractivity contribution in [2.45, 2.75) is 26.7 Å². The monoisotopic (exact) mass is 254 g/mol. The highest BCUT2D eigenvalue weighted by Gasteiger charge is 2.15. The predicted molar refractivity (Wildman–Crippen MR) is 69.9 cm³/mol. The molecular formula is C13H22N2O3. The molecule has 1 amide bonds. The molecule has 0 heterocycles. The molecular weight excluding hydrogens is 232 g/mol. The second kappa shape index (κ2) is 9.49. The van der Waals surface area contributed by atoms with Crippen LogP contribution >= 0.6 is 0 Å². The molecule has 0 saturated heterocycles. The van der Waals surface area contributed by atoms with Gasteiger partial charge in [0.15, 0.2) is 0 Å². The van der Waals surface area contributed by atoms with Gasteiger partial charge in [-0.2, -0.15) is 0 Å². The summed E-state index contributed by atoms with van der Waals surface area (Å²) in [5.41, 5.74) is 0. The van der Waals surface area contributed by atoms with Crippen molar-refractivity contribution in [2.75, 3.05) is 19.6 Å². The van der Waals surface area contributed by atoms with Crippen molar-refractivity contribution in [3.63, 3.8) is 0 Å². The first-order chi connectivity index (χ1) is 8.45. The van der Waals surface area contributed by atoms with Crippen LogP contribution in [0.2, 0.25) is 0 Å². The minimum absolute atomic E-state index is 0.0286. The molecule has 5 nitrogen and oxygen atoms in total. The summed E-state index contributed by atoms with van der Waals surface area (Å²) in [4.78, 5) is 22.1. The molecule has 0 aromatic heterocycles. The standard InChI is InChI=1S/C13H22N2O3/c1-4-5-14-9-12(16)15-8-11(6-10(2)3)7-13(17)18/h1,10-11,14H,5-9H2,2-3H3,(H,15,16)(H,17,18). The first kappa shape index (κ1) is 16.5. The SMILES string of the molecule is C#CCNCC(=O)NCC(CC(=O)O)CC(C)C. The van der Waals surface area contributed by atoms with Crippen LogP contribution in [0.15, 0.2) is 0 Å². The van der Waals surface area contributed by atoms with Crippen LogP contribution in [-0.4, -0.2) is 36.6 Å². The van der Waals surface area contributed by atoms with Crippen molar-refractivity contribution in [2.24, 2.45) is 11.8 Å². The summed E-state index contributed by atoms with van der Waals surface area (Å²) < 4.78 is 0. The van der Waals surface area contributed by atoms with E-state index in [-0.39, 0.29) is 24.8 Å². The molecule has 0 aromatic rings. The van der Waals surface area contributed by atoms with Gasteiger partial charge in [-0.25, -0.2) is 0 Å². The number of carbonyl (C=O) groups excluding carboxylic acids is 1. The number of rotatable bonds is 9. The quantitative estimate of drug-likeness (QED) is 0.413. The summed E-state index contributed by atoms with van der Waals surface area (Å²) in [6.07, 6.45) is 5.90. The Kier molecular flexibility index (Phi) is 8.67. The van der Waals surface area contributed by atoms with Crippen LogP contribution in [0, 0.1) is 24.2 Å². The average molecular weight is 254 g/mol. The van der Waals surface area contributed by atoms with Gasteiger partial charge in [-0.3, -0.25) is 14.9 Å². The third-order valence-electron chi connectivity index (χ3n) is 2.37. The molecule has 18 heavy (non-hydrogen) atoms. The Morgan fingerprint density at radius 2 is 2.06 bits per heavy atom. The summed E-state index contributed by atoms with van der Waals surface area (Å²) in [6, 6.07) is 0. The lowest BCUT2D eigenvalue weighted by molar-refractivity contribution is -0.138. The molecule has 0 saturated carbocycles. The predicted octanol–water partition coefficient (Wildman–Crippen LogP) is 0.462. The number of amides is 1. The maximum absolute atomic E-state index is 11.4. The molecule has 0 bridgehead atoms. The van der Waals surface area contributed by atoms with E-state index in [1.165, 1.54) is 0 Å². The smallest absolute Gasteiger partial charge is 0.303 e. The van der Waals surface area contributed by atoms with E-state index >= 15 is 0 Å². The van der Waals surface area contributed by atoms with E-state index in [0.717, 1.165) is 6.42 Å². The fraction of sp³-hybridized carbons (Fsp3) is 0.692. The van der Waals surface area contributed by atoms with E-state index < -0.39 is 5.97 Å². The summed E-state index contributed by atoms with van der Waals surface area (Å²) in [7, 11) is 0. The lowest BCUT2D eigenvalue weighted by Gasteiger charge is -2.17. The second-order valence-corrected chi connectivity index (χ2v) is 4.71. The first-order valence-electron chi connectivity index (χ1n) is 6.08. The first-order valence-corrected chi connectivity index (χ1v) is 6.08. The minimum atomic E-state index is -0.833. The zero-order chi connectivity index (χ0) is 14.0. The average Bonchev–Trinajstić information content (AvgIpc) is 2.25. The van der Waals surface area contributed by atoms with Crippen LogP contribution in [0.25, 0.3) is 0 Å².